The van der Waals surface area contributed by atoms with Crippen LogP contribution in [0.1, 0.15) is 44.6 Å². The van der Waals surface area contributed by atoms with Crippen molar-refractivity contribution in [2.75, 3.05) is 19.7 Å². The van der Waals surface area contributed by atoms with Gasteiger partial charge in [-0.05, 0) is 50.1 Å². The predicted octanol–water partition coefficient (Wildman–Crippen LogP) is 2.81. The number of benzene rings is 1. The molecule has 1 aromatic carbocycles. The second-order valence-corrected chi connectivity index (χ2v) is 8.02. The van der Waals surface area contributed by atoms with Gasteiger partial charge in [0, 0.05) is 37.6 Å². The van der Waals surface area contributed by atoms with Crippen LogP contribution in [0.2, 0.25) is 0 Å². The van der Waals surface area contributed by atoms with E-state index in [9.17, 15) is 9.90 Å². The number of hydrogen-bond acceptors (Lipinski definition) is 3. The first-order valence-electron chi connectivity index (χ1n) is 9.83. The molecule has 1 saturated heterocycles. The Morgan fingerprint density at radius 1 is 1.16 bits per heavy atom. The quantitative estimate of drug-likeness (QED) is 0.864. The van der Waals surface area contributed by atoms with Crippen molar-refractivity contribution in [3.63, 3.8) is 0 Å². The van der Waals surface area contributed by atoms with Crippen LogP contribution in [0.4, 0.5) is 0 Å². The molecule has 138 valence electrons. The van der Waals surface area contributed by atoms with Gasteiger partial charge in [-0.3, -0.25) is 9.69 Å². The Kier molecular flexibility index (Phi) is 6.49. The van der Waals surface area contributed by atoms with Gasteiger partial charge in [-0.2, -0.15) is 0 Å². The number of carbonyl (C=O) groups excluding carboxylic acids is 1. The van der Waals surface area contributed by atoms with Gasteiger partial charge >= 0.3 is 0 Å². The molecule has 4 nitrogen and oxygen atoms in total. The predicted molar refractivity (Wildman–Crippen MR) is 100.0 cm³/mol. The highest BCUT2D eigenvalue weighted by Crippen LogP contribution is 2.29. The van der Waals surface area contributed by atoms with Crippen molar-refractivity contribution >= 4 is 5.91 Å². The Bertz CT molecular complexity index is 540. The zero-order chi connectivity index (χ0) is 17.6. The zero-order valence-corrected chi connectivity index (χ0v) is 15.4. The summed E-state index contributed by atoms with van der Waals surface area (Å²) in [6.07, 6.45) is 5.28. The van der Waals surface area contributed by atoms with Crippen LogP contribution in [-0.2, 0) is 11.3 Å². The average Bonchev–Trinajstić information content (AvgIpc) is 2.63. The van der Waals surface area contributed by atoms with E-state index in [0.717, 1.165) is 57.7 Å². The van der Waals surface area contributed by atoms with Gasteiger partial charge in [-0.25, -0.2) is 0 Å². The molecule has 2 unspecified atom stereocenters. The normalized spacial score (nSPS) is 30.8. The molecule has 25 heavy (non-hydrogen) atoms. The zero-order valence-electron chi connectivity index (χ0n) is 15.4. The number of hydrogen-bond donors (Lipinski definition) is 2. The highest BCUT2D eigenvalue weighted by Gasteiger charge is 2.32. The largest absolute Gasteiger partial charge is 0.396 e. The van der Waals surface area contributed by atoms with Gasteiger partial charge in [0.15, 0.2) is 0 Å². The Morgan fingerprint density at radius 2 is 1.88 bits per heavy atom. The van der Waals surface area contributed by atoms with Crippen LogP contribution in [0, 0.1) is 17.8 Å². The average molecular weight is 344 g/mol. The van der Waals surface area contributed by atoms with Crippen molar-refractivity contribution in [1.82, 2.24) is 10.2 Å². The second kappa shape index (κ2) is 8.81. The van der Waals surface area contributed by atoms with Gasteiger partial charge in [-0.1, -0.05) is 37.3 Å². The van der Waals surface area contributed by atoms with Gasteiger partial charge in [0.2, 0.25) is 5.91 Å². The third-order valence-electron chi connectivity index (χ3n) is 6.04. The molecule has 1 aromatic rings. The van der Waals surface area contributed by atoms with E-state index in [4.69, 9.17) is 0 Å². The number of likely N-dealkylation sites (tertiary alicyclic amines) is 1. The number of rotatable bonds is 5. The summed E-state index contributed by atoms with van der Waals surface area (Å²) in [4.78, 5) is 15.1. The molecule has 2 N–H and O–H groups in total. The molecule has 4 heteroatoms. The molecular weight excluding hydrogens is 312 g/mol. The first-order valence-corrected chi connectivity index (χ1v) is 9.83. The molecule has 2 fully saturated rings. The lowest BCUT2D eigenvalue weighted by molar-refractivity contribution is -0.128. The fraction of sp³-hybridized carbons (Fsp3) is 0.667. The third kappa shape index (κ3) is 5.05. The maximum absolute atomic E-state index is 12.7. The Labute approximate surface area is 151 Å². The van der Waals surface area contributed by atoms with E-state index >= 15 is 0 Å². The Hall–Kier alpha value is -1.39. The van der Waals surface area contributed by atoms with Crippen LogP contribution in [0.3, 0.4) is 0 Å². The van der Waals surface area contributed by atoms with E-state index < -0.39 is 0 Å². The summed E-state index contributed by atoms with van der Waals surface area (Å²) >= 11 is 0. The van der Waals surface area contributed by atoms with Crippen LogP contribution in [0.5, 0.6) is 0 Å². The van der Waals surface area contributed by atoms with E-state index in [2.05, 4.69) is 41.4 Å². The van der Waals surface area contributed by atoms with Gasteiger partial charge in [-0.15, -0.1) is 0 Å². The number of aliphatic hydroxyl groups is 1. The lowest BCUT2D eigenvalue weighted by atomic mass is 9.82. The lowest BCUT2D eigenvalue weighted by Crippen LogP contribution is -2.54. The van der Waals surface area contributed by atoms with Crippen molar-refractivity contribution in [3.8, 4) is 0 Å². The van der Waals surface area contributed by atoms with E-state index in [1.165, 1.54) is 5.56 Å². The van der Waals surface area contributed by atoms with Crippen LogP contribution < -0.4 is 5.32 Å². The number of aliphatic hydroxyl groups excluding tert-OH is 1. The second-order valence-electron chi connectivity index (χ2n) is 8.02. The SMILES string of the molecule is CC1CCC(C(=O)NC2CN(Cc3ccccc3)CCC2CO)CC1. The molecule has 3 rings (SSSR count). The molecule has 1 aliphatic carbocycles. The maximum atomic E-state index is 12.7. The minimum atomic E-state index is 0.0642. The first-order chi connectivity index (χ1) is 12.2. The van der Waals surface area contributed by atoms with Gasteiger partial charge in [0.25, 0.3) is 0 Å². The molecule has 1 aliphatic heterocycles. The van der Waals surface area contributed by atoms with Crippen molar-refractivity contribution in [1.29, 1.82) is 0 Å². The standard InChI is InChI=1S/C21H32N2O2/c1-16-7-9-18(10-8-16)21(25)22-20-14-23(12-11-19(20)15-24)13-17-5-3-2-4-6-17/h2-6,16,18-20,24H,7-15H2,1H3,(H,22,25). The summed E-state index contributed by atoms with van der Waals surface area (Å²) < 4.78 is 0. The fourth-order valence-electron chi connectivity index (χ4n) is 4.26. The number of amides is 1. The minimum absolute atomic E-state index is 0.0642. The minimum Gasteiger partial charge on any atom is -0.396 e. The van der Waals surface area contributed by atoms with Crippen molar-refractivity contribution in [2.24, 2.45) is 17.8 Å². The topological polar surface area (TPSA) is 52.6 Å². The van der Waals surface area contributed by atoms with Crippen LogP contribution in [-0.4, -0.2) is 41.7 Å². The monoisotopic (exact) mass is 344 g/mol. The highest BCUT2D eigenvalue weighted by molar-refractivity contribution is 5.79. The summed E-state index contributed by atoms with van der Waals surface area (Å²) in [6.45, 7) is 5.15. The Morgan fingerprint density at radius 3 is 2.56 bits per heavy atom. The number of piperidine rings is 1. The van der Waals surface area contributed by atoms with Crippen molar-refractivity contribution in [2.45, 2.75) is 51.6 Å². The summed E-state index contributed by atoms with van der Waals surface area (Å²) in [6, 6.07) is 10.5. The number of carbonyl (C=O) groups is 1. The molecular formula is C21H32N2O2. The Balaban J connectivity index is 1.56. The van der Waals surface area contributed by atoms with Crippen molar-refractivity contribution < 1.29 is 9.90 Å². The van der Waals surface area contributed by atoms with Crippen LogP contribution >= 0.6 is 0 Å². The van der Waals surface area contributed by atoms with Crippen molar-refractivity contribution in [3.05, 3.63) is 35.9 Å². The third-order valence-corrected chi connectivity index (χ3v) is 6.04. The van der Waals surface area contributed by atoms with Crippen LogP contribution in [0.25, 0.3) is 0 Å². The lowest BCUT2D eigenvalue weighted by Gasteiger charge is -2.39. The van der Waals surface area contributed by atoms with E-state index in [1.54, 1.807) is 0 Å². The molecule has 0 aromatic heterocycles. The van der Waals surface area contributed by atoms with Gasteiger partial charge < -0.3 is 10.4 Å². The summed E-state index contributed by atoms with van der Waals surface area (Å²) in [5.74, 6) is 1.31. The number of nitrogens with one attached hydrogen (secondary N) is 1. The molecule has 0 radical (unpaired) electrons. The molecule has 1 amide bonds. The molecule has 1 heterocycles. The molecule has 0 bridgehead atoms. The van der Waals surface area contributed by atoms with Gasteiger partial charge in [0.1, 0.15) is 0 Å². The molecule has 0 spiro atoms. The first kappa shape index (κ1) is 18.4. The van der Waals surface area contributed by atoms with Gasteiger partial charge in [0.05, 0.1) is 0 Å². The summed E-state index contributed by atoms with van der Waals surface area (Å²) in [5.41, 5.74) is 1.30. The smallest absolute Gasteiger partial charge is 0.223 e. The van der Waals surface area contributed by atoms with E-state index in [0.29, 0.717) is 0 Å². The number of nitrogens with zero attached hydrogens (tertiary/aromatic N) is 1. The summed E-state index contributed by atoms with van der Waals surface area (Å²) in [5, 5.41) is 13.0. The summed E-state index contributed by atoms with van der Waals surface area (Å²) in [7, 11) is 0. The van der Waals surface area contributed by atoms with E-state index in [-0.39, 0.29) is 30.4 Å². The van der Waals surface area contributed by atoms with Crippen LogP contribution in [0.15, 0.2) is 30.3 Å². The molecule has 2 aliphatic rings. The molecule has 1 saturated carbocycles. The molecule has 2 atom stereocenters. The van der Waals surface area contributed by atoms with E-state index in [1.807, 2.05) is 6.07 Å². The highest BCUT2D eigenvalue weighted by atomic mass is 16.3. The fourth-order valence-corrected chi connectivity index (χ4v) is 4.26. The maximum Gasteiger partial charge on any atom is 0.223 e.